The quantitative estimate of drug-likeness (QED) is 0.828. The number of halogens is 3. The smallest absolute Gasteiger partial charge is 0.333 e. The monoisotopic (exact) mass is 366 g/mol. The minimum Gasteiger partial charge on any atom is -0.333 e. The number of para-hydroxylation sites is 1. The predicted molar refractivity (Wildman–Crippen MR) is 89.8 cm³/mol. The molecule has 0 atom stereocenters. The maximum Gasteiger partial charge on any atom is 0.418 e. The van der Waals surface area contributed by atoms with E-state index in [1.54, 1.807) is 6.92 Å². The van der Waals surface area contributed by atoms with Crippen molar-refractivity contribution in [3.63, 3.8) is 0 Å². The highest BCUT2D eigenvalue weighted by Gasteiger charge is 2.34. The van der Waals surface area contributed by atoms with Gasteiger partial charge in [-0.05, 0) is 25.1 Å². The zero-order chi connectivity index (χ0) is 19.5. The van der Waals surface area contributed by atoms with E-state index in [1.807, 2.05) is 0 Å². The third-order valence-corrected chi connectivity index (χ3v) is 3.47. The molecule has 26 heavy (non-hydrogen) atoms. The number of anilines is 1. The third kappa shape index (κ3) is 4.29. The third-order valence-electron chi connectivity index (χ3n) is 3.47. The van der Waals surface area contributed by atoms with E-state index in [9.17, 15) is 22.8 Å². The molecule has 0 saturated heterocycles. The lowest BCUT2D eigenvalue weighted by atomic mass is 10.1. The number of carbonyl (C=O) groups is 2. The van der Waals surface area contributed by atoms with Crippen molar-refractivity contribution < 1.29 is 22.8 Å². The molecule has 0 aliphatic heterocycles. The van der Waals surface area contributed by atoms with Gasteiger partial charge in [-0.1, -0.05) is 18.7 Å². The molecule has 0 unspecified atom stereocenters. The number of benzene rings is 1. The highest BCUT2D eigenvalue weighted by atomic mass is 19.4. The first kappa shape index (κ1) is 19.2. The molecular formula is C17H17F3N4O2. The summed E-state index contributed by atoms with van der Waals surface area (Å²) in [6, 6.07) is 6.37. The van der Waals surface area contributed by atoms with E-state index < -0.39 is 23.6 Å². The molecule has 0 saturated carbocycles. The number of aromatic nitrogens is 2. The number of likely N-dealkylation sites (N-methyl/N-ethyl adjacent to an activating group) is 1. The molecular weight excluding hydrogens is 349 g/mol. The lowest BCUT2D eigenvalue weighted by Crippen LogP contribution is -2.34. The summed E-state index contributed by atoms with van der Waals surface area (Å²) < 4.78 is 40.8. The van der Waals surface area contributed by atoms with Gasteiger partial charge in [-0.15, -0.1) is 0 Å². The highest BCUT2D eigenvalue weighted by molar-refractivity contribution is 5.96. The summed E-state index contributed by atoms with van der Waals surface area (Å²) in [6.07, 6.45) is -3.52. The van der Waals surface area contributed by atoms with E-state index in [1.165, 1.54) is 31.3 Å². The Morgan fingerprint density at radius 1 is 1.35 bits per heavy atom. The fraction of sp³-hybridized carbons (Fsp3) is 0.235. The minimum absolute atomic E-state index is 0.0728. The fourth-order valence-corrected chi connectivity index (χ4v) is 2.30. The number of hydrogen-bond donors (Lipinski definition) is 1. The predicted octanol–water partition coefficient (Wildman–Crippen LogP) is 2.78. The summed E-state index contributed by atoms with van der Waals surface area (Å²) in [5.74, 6) is -0.954. The van der Waals surface area contributed by atoms with Crippen molar-refractivity contribution >= 4 is 17.6 Å². The van der Waals surface area contributed by atoms with Crippen LogP contribution in [-0.2, 0) is 15.8 Å². The fourth-order valence-electron chi connectivity index (χ4n) is 2.30. The maximum absolute atomic E-state index is 13.3. The topological polar surface area (TPSA) is 67.2 Å². The normalized spacial score (nSPS) is 11.1. The molecule has 6 nitrogen and oxygen atoms in total. The summed E-state index contributed by atoms with van der Waals surface area (Å²) in [4.78, 5) is 24.7. The van der Waals surface area contributed by atoms with Crippen LogP contribution in [0.5, 0.6) is 0 Å². The largest absolute Gasteiger partial charge is 0.418 e. The Morgan fingerprint density at radius 3 is 2.62 bits per heavy atom. The van der Waals surface area contributed by atoms with Gasteiger partial charge < -0.3 is 10.2 Å². The first-order valence-electron chi connectivity index (χ1n) is 7.54. The van der Waals surface area contributed by atoms with Crippen LogP contribution < -0.4 is 5.32 Å². The van der Waals surface area contributed by atoms with Crippen molar-refractivity contribution in [1.29, 1.82) is 0 Å². The average Bonchev–Trinajstić information content (AvgIpc) is 2.93. The zero-order valence-corrected chi connectivity index (χ0v) is 14.2. The molecule has 1 aromatic heterocycles. The second kappa shape index (κ2) is 7.42. The minimum atomic E-state index is -4.58. The Bertz CT molecular complexity index is 843. The number of aryl methyl sites for hydroxylation is 1. The molecule has 1 aromatic carbocycles. The molecule has 138 valence electrons. The van der Waals surface area contributed by atoms with E-state index in [0.29, 0.717) is 5.69 Å². The van der Waals surface area contributed by atoms with Crippen LogP contribution in [-0.4, -0.2) is 40.1 Å². The number of rotatable bonds is 5. The molecule has 0 spiro atoms. The molecule has 0 aliphatic rings. The molecule has 0 bridgehead atoms. The Labute approximate surface area is 147 Å². The molecule has 1 heterocycles. The van der Waals surface area contributed by atoms with Gasteiger partial charge in [-0.2, -0.15) is 18.3 Å². The van der Waals surface area contributed by atoms with Gasteiger partial charge in [-0.25, -0.2) is 4.68 Å². The van der Waals surface area contributed by atoms with Gasteiger partial charge in [-0.3, -0.25) is 9.59 Å². The SMILES string of the molecule is C=CC(=O)N(C)CC(=O)Nc1cc(C)nn1-c1ccccc1C(F)(F)F. The van der Waals surface area contributed by atoms with Gasteiger partial charge in [0.05, 0.1) is 23.5 Å². The van der Waals surface area contributed by atoms with E-state index >= 15 is 0 Å². The van der Waals surface area contributed by atoms with Gasteiger partial charge in [0.1, 0.15) is 5.82 Å². The Kier molecular flexibility index (Phi) is 5.49. The number of nitrogens with one attached hydrogen (secondary N) is 1. The molecule has 2 amide bonds. The Hall–Kier alpha value is -3.10. The lowest BCUT2D eigenvalue weighted by molar-refractivity contribution is -0.137. The van der Waals surface area contributed by atoms with Crippen LogP contribution in [0.15, 0.2) is 43.0 Å². The molecule has 2 rings (SSSR count). The van der Waals surface area contributed by atoms with Crippen LogP contribution in [0.4, 0.5) is 19.0 Å². The number of carbonyl (C=O) groups excluding carboxylic acids is 2. The molecule has 1 N–H and O–H groups in total. The first-order chi connectivity index (χ1) is 12.1. The number of hydrogen-bond acceptors (Lipinski definition) is 3. The second-order valence-electron chi connectivity index (χ2n) is 5.54. The van der Waals surface area contributed by atoms with Crippen molar-refractivity contribution in [3.05, 3.63) is 54.2 Å². The van der Waals surface area contributed by atoms with Gasteiger partial charge in [0.2, 0.25) is 11.8 Å². The second-order valence-corrected chi connectivity index (χ2v) is 5.54. The van der Waals surface area contributed by atoms with E-state index in [2.05, 4.69) is 17.0 Å². The van der Waals surface area contributed by atoms with Crippen LogP contribution in [0, 0.1) is 6.92 Å². The van der Waals surface area contributed by atoms with Crippen LogP contribution in [0.1, 0.15) is 11.3 Å². The van der Waals surface area contributed by atoms with Crippen molar-refractivity contribution in [2.45, 2.75) is 13.1 Å². The summed E-state index contributed by atoms with van der Waals surface area (Å²) in [6.45, 7) is 4.63. The number of alkyl halides is 3. The van der Waals surface area contributed by atoms with E-state index in [-0.39, 0.29) is 18.1 Å². The molecule has 9 heteroatoms. The maximum atomic E-state index is 13.3. The summed E-state index contributed by atoms with van der Waals surface area (Å²) in [5.41, 5.74) is -0.663. The molecule has 0 fully saturated rings. The highest BCUT2D eigenvalue weighted by Crippen LogP contribution is 2.34. The van der Waals surface area contributed by atoms with E-state index in [4.69, 9.17) is 0 Å². The lowest BCUT2D eigenvalue weighted by Gasteiger charge is -2.17. The Balaban J connectivity index is 2.34. The van der Waals surface area contributed by atoms with E-state index in [0.717, 1.165) is 21.7 Å². The van der Waals surface area contributed by atoms with Crippen molar-refractivity contribution in [2.75, 3.05) is 18.9 Å². The first-order valence-corrected chi connectivity index (χ1v) is 7.54. The van der Waals surface area contributed by atoms with Crippen LogP contribution in [0.2, 0.25) is 0 Å². The van der Waals surface area contributed by atoms with Crippen LogP contribution in [0.25, 0.3) is 5.69 Å². The molecule has 0 aliphatic carbocycles. The molecule has 0 radical (unpaired) electrons. The number of nitrogens with zero attached hydrogens (tertiary/aromatic N) is 3. The van der Waals surface area contributed by atoms with Crippen LogP contribution in [0.3, 0.4) is 0 Å². The average molecular weight is 366 g/mol. The summed E-state index contributed by atoms with van der Waals surface area (Å²) in [7, 11) is 1.41. The summed E-state index contributed by atoms with van der Waals surface area (Å²) >= 11 is 0. The van der Waals surface area contributed by atoms with Crippen molar-refractivity contribution in [1.82, 2.24) is 14.7 Å². The van der Waals surface area contributed by atoms with Crippen LogP contribution >= 0.6 is 0 Å². The number of amides is 2. The van der Waals surface area contributed by atoms with Gasteiger partial charge in [0, 0.05) is 13.1 Å². The Morgan fingerprint density at radius 2 is 2.00 bits per heavy atom. The van der Waals surface area contributed by atoms with Gasteiger partial charge in [0.15, 0.2) is 0 Å². The van der Waals surface area contributed by atoms with Gasteiger partial charge in [0.25, 0.3) is 0 Å². The van der Waals surface area contributed by atoms with Crippen molar-refractivity contribution in [3.8, 4) is 5.69 Å². The standard InChI is InChI=1S/C17H17F3N4O2/c1-4-16(26)23(3)10-15(25)21-14-9-11(2)22-24(14)13-8-6-5-7-12(13)17(18,19)20/h4-9H,1,10H2,2-3H3,(H,21,25). The van der Waals surface area contributed by atoms with Crippen molar-refractivity contribution in [2.24, 2.45) is 0 Å². The zero-order valence-electron chi connectivity index (χ0n) is 14.2. The summed E-state index contributed by atoms with van der Waals surface area (Å²) in [5, 5.41) is 6.53. The van der Waals surface area contributed by atoms with Gasteiger partial charge >= 0.3 is 6.18 Å². The molecule has 2 aromatic rings.